The van der Waals surface area contributed by atoms with Crippen molar-refractivity contribution in [2.24, 2.45) is 23.2 Å². The van der Waals surface area contributed by atoms with Gasteiger partial charge in [-0.25, -0.2) is 0 Å². The third kappa shape index (κ3) is 1.98. The fourth-order valence-corrected chi connectivity index (χ4v) is 5.50. The van der Waals surface area contributed by atoms with E-state index in [1.54, 1.807) is 0 Å². The Hall–Kier alpha value is -1.51. The fourth-order valence-electron chi connectivity index (χ4n) is 5.50. The maximum Gasteiger partial charge on any atom is 0.308 e. The quantitative estimate of drug-likeness (QED) is 0.573. The summed E-state index contributed by atoms with van der Waals surface area (Å²) >= 11 is 0. The number of hydrogen-bond donors (Lipinski definition) is 0. The monoisotopic (exact) mass is 314 g/mol. The number of rotatable bonds is 1. The van der Waals surface area contributed by atoms with Crippen LogP contribution in [0.2, 0.25) is 0 Å². The highest BCUT2D eigenvalue weighted by molar-refractivity contribution is 5.69. The molecule has 0 radical (unpaired) electrons. The molecule has 3 heteroatoms. The first-order chi connectivity index (χ1) is 10.7. The molecule has 0 aromatic heterocycles. The van der Waals surface area contributed by atoms with Crippen LogP contribution in [0.5, 0.6) is 11.5 Å². The van der Waals surface area contributed by atoms with Crippen molar-refractivity contribution < 1.29 is 14.3 Å². The standard InChI is InChI=1S/C20H26O3/c1-11-6-15(22-12(2)21)10-17-16(11)8-14-7-13-9-18(19(13,3)4)20(14,5)23-17/h6,10,13-14,18H,7-9H2,1-5H3/t13-,14+,18+,20-/m1/s1. The van der Waals surface area contributed by atoms with E-state index < -0.39 is 0 Å². The molecule has 23 heavy (non-hydrogen) atoms. The number of aryl methyl sites for hydroxylation is 1. The second-order valence-corrected chi connectivity index (χ2v) is 8.54. The summed E-state index contributed by atoms with van der Waals surface area (Å²) in [7, 11) is 0. The minimum atomic E-state index is -0.287. The molecule has 3 nitrogen and oxygen atoms in total. The van der Waals surface area contributed by atoms with Crippen molar-refractivity contribution in [3.8, 4) is 11.5 Å². The first kappa shape index (κ1) is 15.0. The van der Waals surface area contributed by atoms with Crippen molar-refractivity contribution in [2.45, 2.75) is 59.5 Å². The Balaban J connectivity index is 1.73. The van der Waals surface area contributed by atoms with Gasteiger partial charge in [0.1, 0.15) is 17.1 Å². The van der Waals surface area contributed by atoms with Crippen molar-refractivity contribution in [1.82, 2.24) is 0 Å². The number of hydrogen-bond acceptors (Lipinski definition) is 3. The topological polar surface area (TPSA) is 35.5 Å². The lowest BCUT2D eigenvalue weighted by Gasteiger charge is -2.67. The summed E-state index contributed by atoms with van der Waals surface area (Å²) < 4.78 is 11.9. The summed E-state index contributed by atoms with van der Waals surface area (Å²) in [5.74, 6) is 3.29. The van der Waals surface area contributed by atoms with Gasteiger partial charge in [0.05, 0.1) is 0 Å². The largest absolute Gasteiger partial charge is 0.487 e. The molecule has 0 amide bonds. The maximum atomic E-state index is 11.3. The maximum absolute atomic E-state index is 11.3. The van der Waals surface area contributed by atoms with Gasteiger partial charge in [0, 0.05) is 24.8 Å². The van der Waals surface area contributed by atoms with Crippen molar-refractivity contribution in [3.63, 3.8) is 0 Å². The number of carbonyl (C=O) groups is 1. The Kier molecular flexibility index (Phi) is 2.96. The molecule has 0 saturated heterocycles. The van der Waals surface area contributed by atoms with Gasteiger partial charge in [0.2, 0.25) is 0 Å². The second-order valence-electron chi connectivity index (χ2n) is 8.54. The molecule has 5 rings (SSSR count). The van der Waals surface area contributed by atoms with Gasteiger partial charge in [0.15, 0.2) is 0 Å². The van der Waals surface area contributed by atoms with E-state index >= 15 is 0 Å². The highest BCUT2D eigenvalue weighted by Crippen LogP contribution is 2.67. The summed E-state index contributed by atoms with van der Waals surface area (Å²) in [6.07, 6.45) is 3.64. The molecular formula is C20H26O3. The van der Waals surface area contributed by atoms with E-state index in [2.05, 4.69) is 27.7 Å². The lowest BCUT2D eigenvalue weighted by atomic mass is 9.41. The number of esters is 1. The van der Waals surface area contributed by atoms with Crippen LogP contribution in [0.4, 0.5) is 0 Å². The lowest BCUT2D eigenvalue weighted by molar-refractivity contribution is -0.217. The zero-order valence-electron chi connectivity index (χ0n) is 14.7. The normalized spacial score (nSPS) is 36.1. The number of carbonyl (C=O) groups excluding carboxylic acids is 1. The number of fused-ring (bicyclic) bond motifs is 1. The third-order valence-electron chi connectivity index (χ3n) is 6.99. The molecule has 1 aliphatic heterocycles. The van der Waals surface area contributed by atoms with E-state index in [-0.39, 0.29) is 11.6 Å². The number of ether oxygens (including phenoxy) is 2. The Labute approximate surface area is 138 Å². The van der Waals surface area contributed by atoms with Crippen LogP contribution >= 0.6 is 0 Å². The predicted octanol–water partition coefficient (Wildman–Crippen LogP) is 4.30. The summed E-state index contributed by atoms with van der Waals surface area (Å²) in [5, 5.41) is 0. The first-order valence-corrected chi connectivity index (χ1v) is 8.72. The van der Waals surface area contributed by atoms with Gasteiger partial charge < -0.3 is 9.47 Å². The molecule has 1 heterocycles. The molecule has 4 atom stereocenters. The molecule has 3 aliphatic carbocycles. The summed E-state index contributed by atoms with van der Waals surface area (Å²) in [6.45, 7) is 10.6. The molecular weight excluding hydrogens is 288 g/mol. The van der Waals surface area contributed by atoms with Gasteiger partial charge in [-0.05, 0) is 61.6 Å². The van der Waals surface area contributed by atoms with E-state index in [4.69, 9.17) is 9.47 Å². The van der Waals surface area contributed by atoms with Gasteiger partial charge in [-0.1, -0.05) is 13.8 Å². The zero-order chi connectivity index (χ0) is 16.6. The summed E-state index contributed by atoms with van der Waals surface area (Å²) in [5.41, 5.74) is 2.75. The average Bonchev–Trinajstić information content (AvgIpc) is 2.43. The van der Waals surface area contributed by atoms with Crippen molar-refractivity contribution in [1.29, 1.82) is 0 Å². The van der Waals surface area contributed by atoms with Gasteiger partial charge in [-0.15, -0.1) is 0 Å². The van der Waals surface area contributed by atoms with Crippen LogP contribution in [0.3, 0.4) is 0 Å². The van der Waals surface area contributed by atoms with Crippen LogP contribution in [-0.4, -0.2) is 11.6 Å². The molecule has 3 fully saturated rings. The molecule has 3 saturated carbocycles. The van der Waals surface area contributed by atoms with Crippen molar-refractivity contribution >= 4 is 5.97 Å². The van der Waals surface area contributed by atoms with Gasteiger partial charge in [-0.2, -0.15) is 0 Å². The molecule has 2 bridgehead atoms. The fraction of sp³-hybridized carbons (Fsp3) is 0.650. The van der Waals surface area contributed by atoms with Crippen LogP contribution in [0.1, 0.15) is 51.7 Å². The molecule has 0 spiro atoms. The molecule has 124 valence electrons. The lowest BCUT2D eigenvalue weighted by Crippen LogP contribution is -2.67. The van der Waals surface area contributed by atoms with E-state index in [0.29, 0.717) is 23.0 Å². The van der Waals surface area contributed by atoms with Gasteiger partial charge >= 0.3 is 5.97 Å². The van der Waals surface area contributed by atoms with Crippen LogP contribution in [0.15, 0.2) is 12.1 Å². The smallest absolute Gasteiger partial charge is 0.308 e. The average molecular weight is 314 g/mol. The van der Waals surface area contributed by atoms with E-state index in [0.717, 1.165) is 18.1 Å². The third-order valence-corrected chi connectivity index (χ3v) is 6.99. The highest BCUT2D eigenvalue weighted by Gasteiger charge is 2.65. The summed E-state index contributed by atoms with van der Waals surface area (Å²) in [4.78, 5) is 11.3. The van der Waals surface area contributed by atoms with Gasteiger partial charge in [-0.3, -0.25) is 4.79 Å². The molecule has 1 aromatic carbocycles. The van der Waals surface area contributed by atoms with Gasteiger partial charge in [0.25, 0.3) is 0 Å². The predicted molar refractivity (Wildman–Crippen MR) is 88.7 cm³/mol. The molecule has 4 aliphatic rings. The highest BCUT2D eigenvalue weighted by atomic mass is 16.5. The van der Waals surface area contributed by atoms with E-state index in [1.165, 1.54) is 30.9 Å². The van der Waals surface area contributed by atoms with Crippen LogP contribution in [-0.2, 0) is 11.2 Å². The molecule has 1 aromatic rings. The van der Waals surface area contributed by atoms with Crippen molar-refractivity contribution in [3.05, 3.63) is 23.3 Å². The second kappa shape index (κ2) is 4.52. The van der Waals surface area contributed by atoms with E-state index in [1.807, 2.05) is 12.1 Å². The zero-order valence-corrected chi connectivity index (χ0v) is 14.7. The Bertz CT molecular complexity index is 690. The number of benzene rings is 1. The van der Waals surface area contributed by atoms with Crippen molar-refractivity contribution in [2.75, 3.05) is 0 Å². The van der Waals surface area contributed by atoms with Crippen LogP contribution < -0.4 is 9.47 Å². The van der Waals surface area contributed by atoms with Crippen LogP contribution in [0, 0.1) is 30.1 Å². The SMILES string of the molecule is CC(=O)Oc1cc(C)c2c(c1)O[C@]1(C)[C@H](C2)C[C@@H]2C[C@H]1C2(C)C. The Morgan fingerprint density at radius 2 is 1.96 bits per heavy atom. The Morgan fingerprint density at radius 1 is 1.22 bits per heavy atom. The molecule has 0 unspecified atom stereocenters. The first-order valence-electron chi connectivity index (χ1n) is 8.72. The minimum Gasteiger partial charge on any atom is -0.487 e. The minimum absolute atomic E-state index is 0.0907. The van der Waals surface area contributed by atoms with E-state index in [9.17, 15) is 4.79 Å². The Morgan fingerprint density at radius 3 is 2.61 bits per heavy atom. The molecule has 0 N–H and O–H groups in total. The summed E-state index contributed by atoms with van der Waals surface area (Å²) in [6, 6.07) is 3.86. The van der Waals surface area contributed by atoms with Crippen LogP contribution in [0.25, 0.3) is 0 Å².